The second-order valence-electron chi connectivity index (χ2n) is 8.25. The summed E-state index contributed by atoms with van der Waals surface area (Å²) in [6.07, 6.45) is 3.09. The van der Waals surface area contributed by atoms with Crippen LogP contribution in [0, 0.1) is 5.41 Å². The highest BCUT2D eigenvalue weighted by atomic mass is 16.2. The number of hydrogen-bond acceptors (Lipinski definition) is 2. The van der Waals surface area contributed by atoms with Crippen molar-refractivity contribution >= 4 is 11.8 Å². The molecule has 1 atom stereocenters. The molecule has 4 nitrogen and oxygen atoms in total. The van der Waals surface area contributed by atoms with Crippen LogP contribution in [0.25, 0.3) is 0 Å². The zero-order chi connectivity index (χ0) is 18.4. The van der Waals surface area contributed by atoms with Crippen molar-refractivity contribution in [2.75, 3.05) is 19.6 Å². The van der Waals surface area contributed by atoms with Gasteiger partial charge in [0.05, 0.1) is 6.04 Å². The van der Waals surface area contributed by atoms with Gasteiger partial charge in [-0.1, -0.05) is 51.1 Å². The average molecular weight is 344 g/mol. The fraction of sp³-hybridized carbons (Fsp3) is 0.619. The van der Waals surface area contributed by atoms with Crippen molar-refractivity contribution < 1.29 is 9.59 Å². The number of carbonyl (C=O) groups is 2. The number of amides is 2. The van der Waals surface area contributed by atoms with Gasteiger partial charge in [0, 0.05) is 32.5 Å². The van der Waals surface area contributed by atoms with Crippen LogP contribution in [0.5, 0.6) is 0 Å². The van der Waals surface area contributed by atoms with Crippen LogP contribution in [0.3, 0.4) is 0 Å². The summed E-state index contributed by atoms with van der Waals surface area (Å²) < 4.78 is 0. The number of benzene rings is 1. The van der Waals surface area contributed by atoms with Crippen LogP contribution >= 0.6 is 0 Å². The van der Waals surface area contributed by atoms with E-state index >= 15 is 0 Å². The summed E-state index contributed by atoms with van der Waals surface area (Å²) in [6.45, 7) is 10.5. The lowest BCUT2D eigenvalue weighted by molar-refractivity contribution is -0.137. The van der Waals surface area contributed by atoms with E-state index < -0.39 is 0 Å². The molecule has 1 aromatic rings. The lowest BCUT2D eigenvalue weighted by Gasteiger charge is -2.32. The van der Waals surface area contributed by atoms with Gasteiger partial charge in [-0.3, -0.25) is 9.59 Å². The third kappa shape index (κ3) is 5.87. The van der Waals surface area contributed by atoms with Crippen LogP contribution in [0.2, 0.25) is 0 Å². The van der Waals surface area contributed by atoms with E-state index in [2.05, 4.69) is 27.7 Å². The van der Waals surface area contributed by atoms with Crippen molar-refractivity contribution in [1.82, 2.24) is 9.80 Å². The molecule has 25 heavy (non-hydrogen) atoms. The summed E-state index contributed by atoms with van der Waals surface area (Å²) >= 11 is 0. The Morgan fingerprint density at radius 2 is 1.72 bits per heavy atom. The molecule has 0 aliphatic carbocycles. The quantitative estimate of drug-likeness (QED) is 0.782. The minimum absolute atomic E-state index is 0.0255. The number of likely N-dealkylation sites (tertiary alicyclic amines) is 1. The SMILES string of the molecule is CC(c1ccccc1)N(CCC(=O)N1CCCC1)C(=O)CC(C)(C)C. The van der Waals surface area contributed by atoms with E-state index in [1.807, 2.05) is 40.1 Å². The number of nitrogens with zero attached hydrogens (tertiary/aromatic N) is 2. The van der Waals surface area contributed by atoms with E-state index in [9.17, 15) is 9.59 Å². The molecule has 0 radical (unpaired) electrons. The van der Waals surface area contributed by atoms with Crippen molar-refractivity contribution in [3.05, 3.63) is 35.9 Å². The molecule has 1 aromatic carbocycles. The van der Waals surface area contributed by atoms with Gasteiger partial charge in [0.25, 0.3) is 0 Å². The standard InChI is InChI=1S/C21H32N2O2/c1-17(18-10-6-5-7-11-18)23(20(25)16-21(2,3)4)15-12-19(24)22-13-8-9-14-22/h5-7,10-11,17H,8-9,12-16H2,1-4H3. The Hall–Kier alpha value is -1.84. The van der Waals surface area contributed by atoms with Gasteiger partial charge in [0.1, 0.15) is 0 Å². The molecule has 0 N–H and O–H groups in total. The summed E-state index contributed by atoms with van der Waals surface area (Å²) in [5.41, 5.74) is 1.04. The maximum atomic E-state index is 12.9. The molecule has 4 heteroatoms. The normalized spacial score (nSPS) is 15.9. The molecule has 1 unspecified atom stereocenters. The van der Waals surface area contributed by atoms with Gasteiger partial charge in [-0.15, -0.1) is 0 Å². The van der Waals surface area contributed by atoms with Crippen molar-refractivity contribution in [3.63, 3.8) is 0 Å². The number of carbonyl (C=O) groups excluding carboxylic acids is 2. The zero-order valence-corrected chi connectivity index (χ0v) is 16.1. The largest absolute Gasteiger partial charge is 0.343 e. The molecule has 1 aliphatic rings. The first-order valence-corrected chi connectivity index (χ1v) is 9.40. The molecule has 1 aliphatic heterocycles. The number of hydrogen-bond donors (Lipinski definition) is 0. The zero-order valence-electron chi connectivity index (χ0n) is 16.1. The van der Waals surface area contributed by atoms with Crippen LogP contribution in [0.15, 0.2) is 30.3 Å². The highest BCUT2D eigenvalue weighted by Crippen LogP contribution is 2.26. The van der Waals surface area contributed by atoms with Gasteiger partial charge in [0.2, 0.25) is 11.8 Å². The van der Waals surface area contributed by atoms with Gasteiger partial charge in [0.15, 0.2) is 0 Å². The van der Waals surface area contributed by atoms with Crippen LogP contribution < -0.4 is 0 Å². The molecule has 1 heterocycles. The average Bonchev–Trinajstić information content (AvgIpc) is 3.08. The molecule has 2 rings (SSSR count). The van der Waals surface area contributed by atoms with Crippen molar-refractivity contribution in [1.29, 1.82) is 0 Å². The Morgan fingerprint density at radius 3 is 2.28 bits per heavy atom. The first-order valence-electron chi connectivity index (χ1n) is 9.40. The van der Waals surface area contributed by atoms with Crippen molar-refractivity contribution in [2.24, 2.45) is 5.41 Å². The molecular weight excluding hydrogens is 312 g/mol. The van der Waals surface area contributed by atoms with E-state index in [0.29, 0.717) is 19.4 Å². The monoisotopic (exact) mass is 344 g/mol. The third-order valence-electron chi connectivity index (χ3n) is 4.78. The molecule has 0 aromatic heterocycles. The Kier molecular flexibility index (Phi) is 6.63. The fourth-order valence-electron chi connectivity index (χ4n) is 3.34. The molecule has 0 bridgehead atoms. The Balaban J connectivity index is 2.08. The lowest BCUT2D eigenvalue weighted by Crippen LogP contribution is -2.39. The minimum atomic E-state index is -0.0648. The second kappa shape index (κ2) is 8.50. The smallest absolute Gasteiger partial charge is 0.224 e. The van der Waals surface area contributed by atoms with E-state index in [1.165, 1.54) is 0 Å². The maximum Gasteiger partial charge on any atom is 0.224 e. The molecule has 1 fully saturated rings. The molecule has 2 amide bonds. The van der Waals surface area contributed by atoms with E-state index in [4.69, 9.17) is 0 Å². The summed E-state index contributed by atoms with van der Waals surface area (Å²) in [5.74, 6) is 0.296. The minimum Gasteiger partial charge on any atom is -0.343 e. The highest BCUT2D eigenvalue weighted by molar-refractivity contribution is 5.80. The van der Waals surface area contributed by atoms with Crippen LogP contribution in [0.1, 0.15) is 65.0 Å². The molecule has 0 saturated carbocycles. The summed E-state index contributed by atoms with van der Waals surface area (Å²) in [4.78, 5) is 29.1. The van der Waals surface area contributed by atoms with Crippen molar-refractivity contribution in [3.8, 4) is 0 Å². The van der Waals surface area contributed by atoms with E-state index in [-0.39, 0.29) is 23.3 Å². The third-order valence-corrected chi connectivity index (χ3v) is 4.78. The first-order chi connectivity index (χ1) is 11.8. The molecule has 138 valence electrons. The van der Waals surface area contributed by atoms with Gasteiger partial charge in [-0.25, -0.2) is 0 Å². The fourth-order valence-corrected chi connectivity index (χ4v) is 3.34. The Labute approximate surface area is 152 Å². The first kappa shape index (κ1) is 19.5. The molecule has 0 spiro atoms. The molecular formula is C21H32N2O2. The highest BCUT2D eigenvalue weighted by Gasteiger charge is 2.27. The van der Waals surface area contributed by atoms with Crippen LogP contribution in [0.4, 0.5) is 0 Å². The molecule has 1 saturated heterocycles. The second-order valence-corrected chi connectivity index (χ2v) is 8.25. The lowest BCUT2D eigenvalue weighted by atomic mass is 9.91. The topological polar surface area (TPSA) is 40.6 Å². The van der Waals surface area contributed by atoms with Gasteiger partial charge in [-0.05, 0) is 30.7 Å². The predicted octanol–water partition coefficient (Wildman–Crippen LogP) is 4.02. The van der Waals surface area contributed by atoms with Crippen molar-refractivity contribution in [2.45, 2.75) is 59.4 Å². The van der Waals surface area contributed by atoms with Crippen LogP contribution in [-0.2, 0) is 9.59 Å². The van der Waals surface area contributed by atoms with Gasteiger partial charge in [-0.2, -0.15) is 0 Å². The van der Waals surface area contributed by atoms with E-state index in [0.717, 1.165) is 31.5 Å². The van der Waals surface area contributed by atoms with Gasteiger partial charge < -0.3 is 9.80 Å². The Morgan fingerprint density at radius 1 is 1.12 bits per heavy atom. The summed E-state index contributed by atoms with van der Waals surface area (Å²) in [5, 5.41) is 0. The van der Waals surface area contributed by atoms with Crippen LogP contribution in [-0.4, -0.2) is 41.2 Å². The van der Waals surface area contributed by atoms with Gasteiger partial charge >= 0.3 is 0 Å². The Bertz CT molecular complexity index is 571. The summed E-state index contributed by atoms with van der Waals surface area (Å²) in [6, 6.07) is 10.0. The maximum absolute atomic E-state index is 12.9. The van der Waals surface area contributed by atoms with E-state index in [1.54, 1.807) is 0 Å². The predicted molar refractivity (Wildman–Crippen MR) is 101 cm³/mol. The number of rotatable bonds is 6. The summed E-state index contributed by atoms with van der Waals surface area (Å²) in [7, 11) is 0.